The normalized spacial score (nSPS) is 18.3. The van der Waals surface area contributed by atoms with Crippen molar-refractivity contribution in [3.05, 3.63) is 30.3 Å². The van der Waals surface area contributed by atoms with Gasteiger partial charge >= 0.3 is 0 Å². The highest BCUT2D eigenvalue weighted by atomic mass is 16.5. The molecule has 1 heterocycles. The van der Waals surface area contributed by atoms with Gasteiger partial charge in [-0.15, -0.1) is 0 Å². The number of carbonyl (C=O) groups excluding carboxylic acids is 1. The Morgan fingerprint density at radius 2 is 2.00 bits per heavy atom. The van der Waals surface area contributed by atoms with Gasteiger partial charge < -0.3 is 20.5 Å². The molecule has 0 aliphatic carbocycles. The summed E-state index contributed by atoms with van der Waals surface area (Å²) in [5, 5.41) is 16.2. The molecule has 0 aromatic heterocycles. The van der Waals surface area contributed by atoms with Crippen LogP contribution >= 0.6 is 0 Å². The van der Waals surface area contributed by atoms with Gasteiger partial charge in [0.2, 0.25) is 5.91 Å². The van der Waals surface area contributed by atoms with Crippen LogP contribution < -0.4 is 10.6 Å². The number of amides is 1. The molecule has 23 heavy (non-hydrogen) atoms. The van der Waals surface area contributed by atoms with Crippen molar-refractivity contribution < 1.29 is 14.6 Å². The second-order valence-corrected chi connectivity index (χ2v) is 5.99. The molecular formula is C17H27N3O3. The molecule has 0 saturated carbocycles. The topological polar surface area (TPSA) is 73.8 Å². The predicted molar refractivity (Wildman–Crippen MR) is 90.4 cm³/mol. The van der Waals surface area contributed by atoms with Crippen molar-refractivity contribution in [2.24, 2.45) is 0 Å². The van der Waals surface area contributed by atoms with Crippen molar-refractivity contribution in [3.8, 4) is 0 Å². The maximum atomic E-state index is 11.9. The third kappa shape index (κ3) is 7.09. The summed E-state index contributed by atoms with van der Waals surface area (Å²) >= 11 is 0. The maximum Gasteiger partial charge on any atom is 0.225 e. The fourth-order valence-electron chi connectivity index (χ4n) is 2.57. The van der Waals surface area contributed by atoms with Crippen molar-refractivity contribution >= 4 is 11.6 Å². The number of benzene rings is 1. The third-order valence-corrected chi connectivity index (χ3v) is 3.82. The fraction of sp³-hybridized carbons (Fsp3) is 0.588. The van der Waals surface area contributed by atoms with Crippen LogP contribution in [0.5, 0.6) is 0 Å². The van der Waals surface area contributed by atoms with Gasteiger partial charge in [0.05, 0.1) is 19.3 Å². The van der Waals surface area contributed by atoms with E-state index in [2.05, 4.69) is 15.5 Å². The van der Waals surface area contributed by atoms with E-state index < -0.39 is 6.10 Å². The van der Waals surface area contributed by atoms with Gasteiger partial charge in [-0.25, -0.2) is 0 Å². The minimum atomic E-state index is -0.437. The molecule has 1 aliphatic rings. The van der Waals surface area contributed by atoms with Gasteiger partial charge in [0.25, 0.3) is 0 Å². The fourth-order valence-corrected chi connectivity index (χ4v) is 2.57. The molecule has 1 amide bonds. The SMILES string of the molecule is C[C@@H](CC(=O)Nc1ccccc1)NC[C@H](O)CN1CCOCC1. The van der Waals surface area contributed by atoms with Crippen LogP contribution in [0.2, 0.25) is 0 Å². The molecule has 0 radical (unpaired) electrons. The smallest absolute Gasteiger partial charge is 0.225 e. The van der Waals surface area contributed by atoms with E-state index in [9.17, 15) is 9.90 Å². The number of morpholine rings is 1. The van der Waals surface area contributed by atoms with Crippen LogP contribution in [0.25, 0.3) is 0 Å². The van der Waals surface area contributed by atoms with Crippen molar-refractivity contribution in [1.29, 1.82) is 0 Å². The summed E-state index contributed by atoms with van der Waals surface area (Å²) in [5.74, 6) is -0.0288. The Balaban J connectivity index is 1.61. The van der Waals surface area contributed by atoms with Gasteiger partial charge in [-0.2, -0.15) is 0 Å². The number of hydrogen-bond donors (Lipinski definition) is 3. The number of ether oxygens (including phenoxy) is 1. The van der Waals surface area contributed by atoms with E-state index in [0.29, 0.717) is 19.5 Å². The Bertz CT molecular complexity index is 463. The standard InChI is InChI=1S/C17H27N3O3/c1-14(11-17(22)19-15-5-3-2-4-6-15)18-12-16(21)13-20-7-9-23-10-8-20/h2-6,14,16,18,21H,7-13H2,1H3,(H,19,22)/t14-,16-/m0/s1. The van der Waals surface area contributed by atoms with Gasteiger partial charge in [0.1, 0.15) is 0 Å². The Kier molecular flexibility index (Phi) is 7.48. The summed E-state index contributed by atoms with van der Waals surface area (Å²) in [5.41, 5.74) is 0.803. The number of hydrogen-bond acceptors (Lipinski definition) is 5. The highest BCUT2D eigenvalue weighted by Crippen LogP contribution is 2.06. The molecule has 1 aliphatic heterocycles. The van der Waals surface area contributed by atoms with Crippen LogP contribution in [0, 0.1) is 0 Å². The molecule has 0 bridgehead atoms. The van der Waals surface area contributed by atoms with Crippen molar-refractivity contribution in [2.45, 2.75) is 25.5 Å². The van der Waals surface area contributed by atoms with Gasteiger partial charge in [0, 0.05) is 44.3 Å². The van der Waals surface area contributed by atoms with Crippen LogP contribution in [0.15, 0.2) is 30.3 Å². The lowest BCUT2D eigenvalue weighted by atomic mass is 10.2. The molecule has 0 unspecified atom stereocenters. The molecule has 2 rings (SSSR count). The van der Waals surface area contributed by atoms with Gasteiger partial charge in [-0.3, -0.25) is 9.69 Å². The molecule has 128 valence electrons. The lowest BCUT2D eigenvalue weighted by Gasteiger charge is -2.29. The monoisotopic (exact) mass is 321 g/mol. The summed E-state index contributed by atoms with van der Waals surface area (Å²) < 4.78 is 5.29. The molecule has 6 nitrogen and oxygen atoms in total. The van der Waals surface area contributed by atoms with E-state index in [4.69, 9.17) is 4.74 Å². The van der Waals surface area contributed by atoms with Gasteiger partial charge in [-0.05, 0) is 19.1 Å². The maximum absolute atomic E-state index is 11.9. The number of anilines is 1. The number of aliphatic hydroxyl groups excluding tert-OH is 1. The summed E-state index contributed by atoms with van der Waals surface area (Å²) in [6, 6.07) is 9.43. The zero-order valence-electron chi connectivity index (χ0n) is 13.7. The van der Waals surface area contributed by atoms with Crippen molar-refractivity contribution in [3.63, 3.8) is 0 Å². The average molecular weight is 321 g/mol. The van der Waals surface area contributed by atoms with Crippen molar-refractivity contribution in [1.82, 2.24) is 10.2 Å². The second kappa shape index (κ2) is 9.62. The van der Waals surface area contributed by atoms with Gasteiger partial charge in [0.15, 0.2) is 0 Å². The van der Waals surface area contributed by atoms with E-state index >= 15 is 0 Å². The first-order valence-electron chi connectivity index (χ1n) is 8.20. The second-order valence-electron chi connectivity index (χ2n) is 5.99. The van der Waals surface area contributed by atoms with E-state index in [-0.39, 0.29) is 11.9 Å². The number of carbonyl (C=O) groups is 1. The van der Waals surface area contributed by atoms with E-state index in [1.54, 1.807) is 0 Å². The van der Waals surface area contributed by atoms with Crippen LogP contribution in [0.1, 0.15) is 13.3 Å². The molecule has 1 aromatic carbocycles. The Hall–Kier alpha value is -1.47. The number of aliphatic hydroxyl groups is 1. The number of nitrogens with zero attached hydrogens (tertiary/aromatic N) is 1. The lowest BCUT2D eigenvalue weighted by Crippen LogP contribution is -2.45. The minimum Gasteiger partial charge on any atom is -0.390 e. The molecule has 1 aromatic rings. The highest BCUT2D eigenvalue weighted by Gasteiger charge is 2.16. The van der Waals surface area contributed by atoms with Crippen LogP contribution in [-0.2, 0) is 9.53 Å². The van der Waals surface area contributed by atoms with E-state index in [1.807, 2.05) is 37.3 Å². The molecule has 1 fully saturated rings. The quantitative estimate of drug-likeness (QED) is 0.657. The largest absolute Gasteiger partial charge is 0.390 e. The Labute approximate surface area is 137 Å². The Morgan fingerprint density at radius 3 is 2.70 bits per heavy atom. The number of para-hydroxylation sites is 1. The minimum absolute atomic E-state index is 0.0121. The average Bonchev–Trinajstić information content (AvgIpc) is 2.55. The first kappa shape index (κ1) is 17.9. The van der Waals surface area contributed by atoms with Crippen LogP contribution in [0.3, 0.4) is 0 Å². The number of nitrogens with one attached hydrogen (secondary N) is 2. The van der Waals surface area contributed by atoms with E-state index in [1.165, 1.54) is 0 Å². The molecular weight excluding hydrogens is 294 g/mol. The zero-order valence-corrected chi connectivity index (χ0v) is 13.7. The Morgan fingerprint density at radius 1 is 1.30 bits per heavy atom. The highest BCUT2D eigenvalue weighted by molar-refractivity contribution is 5.90. The number of β-amino-alcohol motifs (C(OH)–C–C–N with tert-alkyl or cyclic N) is 1. The lowest BCUT2D eigenvalue weighted by molar-refractivity contribution is -0.116. The zero-order chi connectivity index (χ0) is 16.5. The molecule has 6 heteroatoms. The summed E-state index contributed by atoms with van der Waals surface area (Å²) in [7, 11) is 0. The third-order valence-electron chi connectivity index (χ3n) is 3.82. The molecule has 2 atom stereocenters. The van der Waals surface area contributed by atoms with Crippen LogP contribution in [0.4, 0.5) is 5.69 Å². The van der Waals surface area contributed by atoms with Crippen LogP contribution in [-0.4, -0.2) is 67.5 Å². The first-order chi connectivity index (χ1) is 11.1. The van der Waals surface area contributed by atoms with E-state index in [0.717, 1.165) is 32.0 Å². The molecule has 0 spiro atoms. The van der Waals surface area contributed by atoms with Crippen molar-refractivity contribution in [2.75, 3.05) is 44.7 Å². The van der Waals surface area contributed by atoms with Gasteiger partial charge in [-0.1, -0.05) is 18.2 Å². The first-order valence-corrected chi connectivity index (χ1v) is 8.20. The summed E-state index contributed by atoms with van der Waals surface area (Å²) in [4.78, 5) is 14.1. The predicted octanol–water partition coefficient (Wildman–Crippen LogP) is 0.686. The molecule has 3 N–H and O–H groups in total. The number of rotatable bonds is 8. The summed E-state index contributed by atoms with van der Waals surface area (Å²) in [6.07, 6.45) is -0.0631. The molecule has 1 saturated heterocycles. The summed E-state index contributed by atoms with van der Waals surface area (Å²) in [6.45, 7) is 6.27.